The molecule has 0 bridgehead atoms. The standard InChI is InChI=1S/C21H20ClN3O3/c1-28-15-8-9-17-16(11-15)20(25-10-2-3-18(25)26)19(24-17)21(27)23-12-13-4-6-14(22)7-5-13/h4-9,11,24H,2-3,10,12H2,1H3,(H,23,27). The van der Waals surface area contributed by atoms with Crippen molar-refractivity contribution in [3.63, 3.8) is 0 Å². The van der Waals surface area contributed by atoms with Gasteiger partial charge in [0.15, 0.2) is 0 Å². The maximum absolute atomic E-state index is 13.0. The second-order valence-electron chi connectivity index (χ2n) is 6.72. The van der Waals surface area contributed by atoms with Gasteiger partial charge in [0.25, 0.3) is 5.91 Å². The predicted molar refractivity (Wildman–Crippen MR) is 109 cm³/mol. The van der Waals surface area contributed by atoms with Gasteiger partial charge in [0.2, 0.25) is 5.91 Å². The molecule has 2 aromatic carbocycles. The van der Waals surface area contributed by atoms with Gasteiger partial charge in [-0.15, -0.1) is 0 Å². The van der Waals surface area contributed by atoms with E-state index in [-0.39, 0.29) is 11.8 Å². The van der Waals surface area contributed by atoms with Gasteiger partial charge in [0, 0.05) is 35.4 Å². The van der Waals surface area contributed by atoms with Gasteiger partial charge in [-0.3, -0.25) is 9.59 Å². The number of aromatic nitrogens is 1. The monoisotopic (exact) mass is 397 g/mol. The molecule has 7 heteroatoms. The number of hydrogen-bond donors (Lipinski definition) is 2. The molecule has 2 heterocycles. The van der Waals surface area contributed by atoms with E-state index in [0.717, 1.165) is 22.9 Å². The fourth-order valence-electron chi connectivity index (χ4n) is 3.49. The van der Waals surface area contributed by atoms with Gasteiger partial charge in [-0.25, -0.2) is 0 Å². The fourth-order valence-corrected chi connectivity index (χ4v) is 3.61. The molecule has 0 unspecified atom stereocenters. The number of carbonyl (C=O) groups excluding carboxylic acids is 2. The first kappa shape index (κ1) is 18.4. The number of benzene rings is 2. The summed E-state index contributed by atoms with van der Waals surface area (Å²) in [5.74, 6) is 0.433. The third-order valence-corrected chi connectivity index (χ3v) is 5.17. The summed E-state index contributed by atoms with van der Waals surface area (Å²) in [7, 11) is 1.59. The van der Waals surface area contributed by atoms with Gasteiger partial charge in [-0.2, -0.15) is 0 Å². The maximum atomic E-state index is 13.0. The molecule has 1 aliphatic rings. The van der Waals surface area contributed by atoms with E-state index in [0.29, 0.717) is 41.7 Å². The van der Waals surface area contributed by atoms with E-state index < -0.39 is 0 Å². The second kappa shape index (κ2) is 7.56. The minimum Gasteiger partial charge on any atom is -0.497 e. The van der Waals surface area contributed by atoms with E-state index in [1.807, 2.05) is 30.3 Å². The molecule has 2 amide bonds. The summed E-state index contributed by atoms with van der Waals surface area (Å²) >= 11 is 5.91. The minimum absolute atomic E-state index is 0.0236. The van der Waals surface area contributed by atoms with Gasteiger partial charge in [0.1, 0.15) is 11.4 Å². The Balaban J connectivity index is 1.69. The molecule has 1 aromatic heterocycles. The van der Waals surface area contributed by atoms with Crippen molar-refractivity contribution in [2.45, 2.75) is 19.4 Å². The summed E-state index contributed by atoms with van der Waals surface area (Å²) in [4.78, 5) is 30.2. The van der Waals surface area contributed by atoms with Crippen LogP contribution in [0.2, 0.25) is 5.02 Å². The summed E-state index contributed by atoms with van der Waals surface area (Å²) in [6, 6.07) is 12.8. The maximum Gasteiger partial charge on any atom is 0.270 e. The number of carbonyl (C=O) groups is 2. The normalized spacial score (nSPS) is 13.9. The number of aromatic amines is 1. The number of halogens is 1. The molecule has 0 radical (unpaired) electrons. The minimum atomic E-state index is -0.264. The van der Waals surface area contributed by atoms with Crippen molar-refractivity contribution < 1.29 is 14.3 Å². The zero-order chi connectivity index (χ0) is 19.7. The Morgan fingerprint density at radius 3 is 2.71 bits per heavy atom. The van der Waals surface area contributed by atoms with Gasteiger partial charge in [-0.05, 0) is 42.3 Å². The van der Waals surface area contributed by atoms with Crippen LogP contribution in [-0.4, -0.2) is 30.5 Å². The molecular formula is C21H20ClN3O3. The summed E-state index contributed by atoms with van der Waals surface area (Å²) < 4.78 is 5.32. The van der Waals surface area contributed by atoms with Crippen LogP contribution in [0.25, 0.3) is 10.9 Å². The Morgan fingerprint density at radius 1 is 1.25 bits per heavy atom. The van der Waals surface area contributed by atoms with E-state index in [4.69, 9.17) is 16.3 Å². The highest BCUT2D eigenvalue weighted by molar-refractivity contribution is 6.30. The van der Waals surface area contributed by atoms with Crippen LogP contribution in [0.15, 0.2) is 42.5 Å². The molecule has 2 N–H and O–H groups in total. The first-order chi connectivity index (χ1) is 13.6. The van der Waals surface area contributed by atoms with Crippen LogP contribution < -0.4 is 15.0 Å². The van der Waals surface area contributed by atoms with Crippen LogP contribution in [0, 0.1) is 0 Å². The van der Waals surface area contributed by atoms with Crippen molar-refractivity contribution in [3.05, 3.63) is 58.7 Å². The van der Waals surface area contributed by atoms with Crippen LogP contribution in [0.5, 0.6) is 5.75 Å². The van der Waals surface area contributed by atoms with Crippen molar-refractivity contribution in [1.82, 2.24) is 10.3 Å². The lowest BCUT2D eigenvalue weighted by Crippen LogP contribution is -2.29. The zero-order valence-electron chi connectivity index (χ0n) is 15.4. The van der Waals surface area contributed by atoms with Crippen molar-refractivity contribution >= 4 is 40.0 Å². The van der Waals surface area contributed by atoms with E-state index in [1.54, 1.807) is 24.1 Å². The lowest BCUT2D eigenvalue weighted by atomic mass is 10.2. The number of fused-ring (bicyclic) bond motifs is 1. The molecular weight excluding hydrogens is 378 g/mol. The third kappa shape index (κ3) is 3.43. The number of nitrogens with one attached hydrogen (secondary N) is 2. The number of hydrogen-bond acceptors (Lipinski definition) is 3. The molecule has 1 fully saturated rings. The van der Waals surface area contributed by atoms with Crippen LogP contribution in [0.1, 0.15) is 28.9 Å². The fraction of sp³-hybridized carbons (Fsp3) is 0.238. The number of anilines is 1. The summed E-state index contributed by atoms with van der Waals surface area (Å²) in [6.45, 7) is 0.961. The molecule has 1 saturated heterocycles. The van der Waals surface area contributed by atoms with Crippen molar-refractivity contribution in [2.75, 3.05) is 18.6 Å². The van der Waals surface area contributed by atoms with Crippen molar-refractivity contribution in [2.24, 2.45) is 0 Å². The average molecular weight is 398 g/mol. The molecule has 0 saturated carbocycles. The average Bonchev–Trinajstić information content (AvgIpc) is 3.29. The summed E-state index contributed by atoms with van der Waals surface area (Å²) in [5, 5.41) is 4.37. The number of H-pyrrole nitrogens is 1. The number of nitrogens with zero attached hydrogens (tertiary/aromatic N) is 1. The Kier molecular flexibility index (Phi) is 4.96. The van der Waals surface area contributed by atoms with Crippen LogP contribution >= 0.6 is 11.6 Å². The quantitative estimate of drug-likeness (QED) is 0.686. The Morgan fingerprint density at radius 2 is 2.04 bits per heavy atom. The van der Waals surface area contributed by atoms with E-state index >= 15 is 0 Å². The molecule has 6 nitrogen and oxygen atoms in total. The Labute approximate surface area is 167 Å². The van der Waals surface area contributed by atoms with E-state index in [2.05, 4.69) is 10.3 Å². The van der Waals surface area contributed by atoms with Crippen LogP contribution in [-0.2, 0) is 11.3 Å². The van der Waals surface area contributed by atoms with Gasteiger partial charge in [0.05, 0.1) is 12.8 Å². The molecule has 28 heavy (non-hydrogen) atoms. The second-order valence-corrected chi connectivity index (χ2v) is 7.15. The van der Waals surface area contributed by atoms with Crippen LogP contribution in [0.3, 0.4) is 0 Å². The smallest absolute Gasteiger partial charge is 0.270 e. The molecule has 0 atom stereocenters. The largest absolute Gasteiger partial charge is 0.497 e. The van der Waals surface area contributed by atoms with E-state index in [9.17, 15) is 9.59 Å². The van der Waals surface area contributed by atoms with Gasteiger partial charge < -0.3 is 19.9 Å². The first-order valence-corrected chi connectivity index (χ1v) is 9.47. The Bertz CT molecular complexity index is 1040. The highest BCUT2D eigenvalue weighted by atomic mass is 35.5. The molecule has 4 rings (SSSR count). The topological polar surface area (TPSA) is 74.4 Å². The number of amides is 2. The number of rotatable bonds is 5. The van der Waals surface area contributed by atoms with Crippen molar-refractivity contribution in [3.8, 4) is 5.75 Å². The molecule has 0 aliphatic carbocycles. The highest BCUT2D eigenvalue weighted by Crippen LogP contribution is 2.36. The predicted octanol–water partition coefficient (Wildman–Crippen LogP) is 3.89. The third-order valence-electron chi connectivity index (χ3n) is 4.92. The zero-order valence-corrected chi connectivity index (χ0v) is 16.2. The lowest BCUT2D eigenvalue weighted by Gasteiger charge is -2.17. The van der Waals surface area contributed by atoms with Crippen molar-refractivity contribution in [1.29, 1.82) is 0 Å². The molecule has 1 aliphatic heterocycles. The number of methoxy groups -OCH3 is 1. The van der Waals surface area contributed by atoms with Gasteiger partial charge in [-0.1, -0.05) is 23.7 Å². The SMILES string of the molecule is COc1ccc2[nH]c(C(=O)NCc3ccc(Cl)cc3)c(N3CCCC3=O)c2c1. The lowest BCUT2D eigenvalue weighted by molar-refractivity contribution is -0.117. The number of ether oxygens (including phenoxy) is 1. The highest BCUT2D eigenvalue weighted by Gasteiger charge is 2.29. The molecule has 0 spiro atoms. The van der Waals surface area contributed by atoms with Gasteiger partial charge >= 0.3 is 0 Å². The molecule has 144 valence electrons. The summed E-state index contributed by atoms with van der Waals surface area (Å²) in [5.41, 5.74) is 2.72. The Hall–Kier alpha value is -2.99. The van der Waals surface area contributed by atoms with Crippen LogP contribution in [0.4, 0.5) is 5.69 Å². The van der Waals surface area contributed by atoms with E-state index in [1.165, 1.54) is 0 Å². The molecule has 3 aromatic rings. The summed E-state index contributed by atoms with van der Waals surface area (Å²) in [6.07, 6.45) is 1.27. The first-order valence-electron chi connectivity index (χ1n) is 9.09.